The fourth-order valence-corrected chi connectivity index (χ4v) is 2.81. The van der Waals surface area contributed by atoms with E-state index in [4.69, 9.17) is 4.98 Å². The molecule has 0 radical (unpaired) electrons. The van der Waals surface area contributed by atoms with E-state index >= 15 is 0 Å². The summed E-state index contributed by atoms with van der Waals surface area (Å²) < 4.78 is 0. The Bertz CT molecular complexity index is 478. The molecule has 1 aromatic heterocycles. The standard InChI is InChI=1S/C17H28N4/c1-4-9-18-16-12(2)17(20-13(3)19-16)21(10-14-5-6-14)11-15-7-8-15/h14-15H,4-11H2,1-3H3,(H,18,19,20). The number of aryl methyl sites for hydroxylation is 1. The third-order valence-corrected chi connectivity index (χ3v) is 4.42. The first kappa shape index (κ1) is 14.6. The van der Waals surface area contributed by atoms with Crippen LogP contribution in [0.5, 0.6) is 0 Å². The molecule has 0 spiro atoms. The smallest absolute Gasteiger partial charge is 0.137 e. The van der Waals surface area contributed by atoms with Gasteiger partial charge in [-0.15, -0.1) is 0 Å². The van der Waals surface area contributed by atoms with Gasteiger partial charge in [0.1, 0.15) is 17.5 Å². The molecule has 3 rings (SSSR count). The Morgan fingerprint density at radius 1 is 1.05 bits per heavy atom. The van der Waals surface area contributed by atoms with Gasteiger partial charge in [0.2, 0.25) is 0 Å². The molecule has 0 aliphatic heterocycles. The fraction of sp³-hybridized carbons (Fsp3) is 0.765. The quantitative estimate of drug-likeness (QED) is 0.794. The molecule has 4 nitrogen and oxygen atoms in total. The maximum atomic E-state index is 4.78. The topological polar surface area (TPSA) is 41.1 Å². The Balaban J connectivity index is 1.83. The number of rotatable bonds is 8. The zero-order chi connectivity index (χ0) is 14.8. The van der Waals surface area contributed by atoms with E-state index in [-0.39, 0.29) is 0 Å². The Morgan fingerprint density at radius 2 is 1.67 bits per heavy atom. The first-order valence-electron chi connectivity index (χ1n) is 8.51. The van der Waals surface area contributed by atoms with Gasteiger partial charge < -0.3 is 10.2 Å². The van der Waals surface area contributed by atoms with Crippen molar-refractivity contribution in [3.05, 3.63) is 11.4 Å². The number of hydrogen-bond acceptors (Lipinski definition) is 4. The molecule has 0 unspecified atom stereocenters. The van der Waals surface area contributed by atoms with E-state index < -0.39 is 0 Å². The summed E-state index contributed by atoms with van der Waals surface area (Å²) in [6.07, 6.45) is 6.69. The zero-order valence-electron chi connectivity index (χ0n) is 13.7. The predicted molar refractivity (Wildman–Crippen MR) is 87.9 cm³/mol. The third-order valence-electron chi connectivity index (χ3n) is 4.42. The van der Waals surface area contributed by atoms with Crippen molar-refractivity contribution in [2.24, 2.45) is 11.8 Å². The average molecular weight is 288 g/mol. The van der Waals surface area contributed by atoms with Crippen LogP contribution in [-0.4, -0.2) is 29.6 Å². The predicted octanol–water partition coefficient (Wildman–Crippen LogP) is 3.54. The summed E-state index contributed by atoms with van der Waals surface area (Å²) in [5.74, 6) is 4.86. The summed E-state index contributed by atoms with van der Waals surface area (Å²) >= 11 is 0. The molecule has 116 valence electrons. The van der Waals surface area contributed by atoms with Gasteiger partial charge in [-0.3, -0.25) is 0 Å². The highest BCUT2D eigenvalue weighted by atomic mass is 15.2. The van der Waals surface area contributed by atoms with Crippen LogP contribution < -0.4 is 10.2 Å². The molecule has 0 amide bonds. The highest BCUT2D eigenvalue weighted by Crippen LogP contribution is 2.36. The van der Waals surface area contributed by atoms with Gasteiger partial charge in [-0.2, -0.15) is 0 Å². The van der Waals surface area contributed by atoms with Crippen molar-refractivity contribution >= 4 is 11.6 Å². The molecule has 1 heterocycles. The summed E-state index contributed by atoms with van der Waals surface area (Å²) in [6.45, 7) is 9.69. The van der Waals surface area contributed by atoms with Crippen molar-refractivity contribution in [2.75, 3.05) is 29.9 Å². The summed E-state index contributed by atoms with van der Waals surface area (Å²) in [5, 5.41) is 3.46. The molecule has 0 aromatic carbocycles. The molecule has 0 atom stereocenters. The van der Waals surface area contributed by atoms with Crippen LogP contribution in [0.1, 0.15) is 50.4 Å². The van der Waals surface area contributed by atoms with Crippen molar-refractivity contribution in [3.63, 3.8) is 0 Å². The van der Waals surface area contributed by atoms with Gasteiger partial charge >= 0.3 is 0 Å². The van der Waals surface area contributed by atoms with Crippen molar-refractivity contribution < 1.29 is 0 Å². The number of hydrogen-bond donors (Lipinski definition) is 1. The van der Waals surface area contributed by atoms with Crippen LogP contribution in [0.3, 0.4) is 0 Å². The lowest BCUT2D eigenvalue weighted by Gasteiger charge is -2.26. The summed E-state index contributed by atoms with van der Waals surface area (Å²) in [4.78, 5) is 11.9. The maximum absolute atomic E-state index is 4.78. The second kappa shape index (κ2) is 6.20. The minimum Gasteiger partial charge on any atom is -0.370 e. The van der Waals surface area contributed by atoms with Gasteiger partial charge in [0.15, 0.2) is 0 Å². The van der Waals surface area contributed by atoms with Gasteiger partial charge in [-0.25, -0.2) is 9.97 Å². The lowest BCUT2D eigenvalue weighted by atomic mass is 10.2. The molecule has 2 saturated carbocycles. The molecule has 4 heteroatoms. The molecule has 0 saturated heterocycles. The van der Waals surface area contributed by atoms with Gasteiger partial charge in [0.05, 0.1) is 0 Å². The molecule has 1 N–H and O–H groups in total. The van der Waals surface area contributed by atoms with Crippen molar-refractivity contribution in [3.8, 4) is 0 Å². The normalized spacial score (nSPS) is 17.9. The number of aromatic nitrogens is 2. The third kappa shape index (κ3) is 3.86. The Morgan fingerprint density at radius 3 is 2.19 bits per heavy atom. The molecular formula is C17H28N4. The second-order valence-corrected chi connectivity index (χ2v) is 6.79. The summed E-state index contributed by atoms with van der Waals surface area (Å²) in [7, 11) is 0. The monoisotopic (exact) mass is 288 g/mol. The highest BCUT2D eigenvalue weighted by molar-refractivity contribution is 5.59. The highest BCUT2D eigenvalue weighted by Gasteiger charge is 2.31. The average Bonchev–Trinajstić information content (AvgIpc) is 3.34. The van der Waals surface area contributed by atoms with Crippen molar-refractivity contribution in [1.29, 1.82) is 0 Å². The van der Waals surface area contributed by atoms with Crippen molar-refractivity contribution in [2.45, 2.75) is 52.9 Å². The summed E-state index contributed by atoms with van der Waals surface area (Å²) in [6, 6.07) is 0. The Labute approximate surface area is 128 Å². The number of anilines is 2. The molecule has 21 heavy (non-hydrogen) atoms. The number of nitrogens with zero attached hydrogens (tertiary/aromatic N) is 3. The summed E-state index contributed by atoms with van der Waals surface area (Å²) in [5.41, 5.74) is 1.22. The first-order chi connectivity index (χ1) is 10.2. The van der Waals surface area contributed by atoms with E-state index in [1.807, 2.05) is 6.92 Å². The first-order valence-corrected chi connectivity index (χ1v) is 8.51. The molecule has 2 fully saturated rings. The molecule has 2 aliphatic rings. The zero-order valence-corrected chi connectivity index (χ0v) is 13.7. The minimum atomic E-state index is 0.880. The second-order valence-electron chi connectivity index (χ2n) is 6.79. The van der Waals surface area contributed by atoms with Crippen LogP contribution in [-0.2, 0) is 0 Å². The Hall–Kier alpha value is -1.32. The van der Waals surface area contributed by atoms with Gasteiger partial charge in [0, 0.05) is 25.2 Å². The fourth-order valence-electron chi connectivity index (χ4n) is 2.81. The van der Waals surface area contributed by atoms with Gasteiger partial charge in [-0.05, 0) is 57.8 Å². The minimum absolute atomic E-state index is 0.880. The van der Waals surface area contributed by atoms with Crippen LogP contribution >= 0.6 is 0 Å². The lowest BCUT2D eigenvalue weighted by molar-refractivity contribution is 0.667. The molecular weight excluding hydrogens is 260 g/mol. The van der Waals surface area contributed by atoms with E-state index in [1.54, 1.807) is 0 Å². The number of nitrogens with one attached hydrogen (secondary N) is 1. The van der Waals surface area contributed by atoms with Crippen LogP contribution in [0.4, 0.5) is 11.6 Å². The van der Waals surface area contributed by atoms with Crippen LogP contribution in [0.2, 0.25) is 0 Å². The van der Waals surface area contributed by atoms with Crippen molar-refractivity contribution in [1.82, 2.24) is 9.97 Å². The SMILES string of the molecule is CCCNc1nc(C)nc(N(CC2CC2)CC2CC2)c1C. The molecule has 0 bridgehead atoms. The van der Waals surface area contributed by atoms with Gasteiger partial charge in [0.25, 0.3) is 0 Å². The molecule has 2 aliphatic carbocycles. The van der Waals surface area contributed by atoms with E-state index in [1.165, 1.54) is 50.2 Å². The van der Waals surface area contributed by atoms with Gasteiger partial charge in [-0.1, -0.05) is 6.92 Å². The van der Waals surface area contributed by atoms with Crippen LogP contribution in [0.15, 0.2) is 0 Å². The lowest BCUT2D eigenvalue weighted by Crippen LogP contribution is -2.30. The van der Waals surface area contributed by atoms with E-state index in [9.17, 15) is 0 Å². The van der Waals surface area contributed by atoms with E-state index in [0.29, 0.717) is 0 Å². The van der Waals surface area contributed by atoms with Crippen LogP contribution in [0, 0.1) is 25.7 Å². The van der Waals surface area contributed by atoms with Crippen LogP contribution in [0.25, 0.3) is 0 Å². The van der Waals surface area contributed by atoms with E-state index in [2.05, 4.69) is 29.0 Å². The van der Waals surface area contributed by atoms with E-state index in [0.717, 1.165) is 36.4 Å². The largest absolute Gasteiger partial charge is 0.370 e. The molecule has 1 aromatic rings. The Kier molecular flexibility index (Phi) is 4.32. The maximum Gasteiger partial charge on any atom is 0.137 e.